The standard InChI is InChI=1S/C11H6ClN3OS/c12-8-3-4-9(16-10-6-14-15-17-10)11-7(8)2-1-5-13-11/h1-6H. The van der Waals surface area contributed by atoms with Gasteiger partial charge >= 0.3 is 0 Å². The lowest BCUT2D eigenvalue weighted by atomic mass is 10.2. The molecule has 84 valence electrons. The summed E-state index contributed by atoms with van der Waals surface area (Å²) in [6.07, 6.45) is 3.27. The van der Waals surface area contributed by atoms with Crippen molar-refractivity contribution in [2.45, 2.75) is 0 Å². The zero-order valence-electron chi connectivity index (χ0n) is 8.50. The van der Waals surface area contributed by atoms with Crippen molar-refractivity contribution in [1.29, 1.82) is 0 Å². The third-order valence-electron chi connectivity index (χ3n) is 2.23. The second-order valence-electron chi connectivity index (χ2n) is 3.28. The smallest absolute Gasteiger partial charge is 0.220 e. The van der Waals surface area contributed by atoms with Gasteiger partial charge in [0.25, 0.3) is 0 Å². The number of nitrogens with zero attached hydrogens (tertiary/aromatic N) is 3. The molecule has 0 bridgehead atoms. The molecule has 0 aliphatic carbocycles. The van der Waals surface area contributed by atoms with Crippen molar-refractivity contribution in [2.24, 2.45) is 0 Å². The van der Waals surface area contributed by atoms with Crippen molar-refractivity contribution in [3.8, 4) is 10.8 Å². The fourth-order valence-corrected chi connectivity index (χ4v) is 2.12. The first-order valence-corrected chi connectivity index (χ1v) is 5.98. The minimum atomic E-state index is 0.624. The first-order chi connectivity index (χ1) is 8.34. The Balaban J connectivity index is 2.14. The largest absolute Gasteiger partial charge is 0.441 e. The second kappa shape index (κ2) is 4.27. The molecule has 2 heterocycles. The predicted molar refractivity (Wildman–Crippen MR) is 66.7 cm³/mol. The van der Waals surface area contributed by atoms with Gasteiger partial charge in [-0.15, -0.1) is 5.10 Å². The summed E-state index contributed by atoms with van der Waals surface area (Å²) in [6.45, 7) is 0. The van der Waals surface area contributed by atoms with Crippen LogP contribution in [0.5, 0.6) is 10.8 Å². The Labute approximate surface area is 106 Å². The topological polar surface area (TPSA) is 47.9 Å². The van der Waals surface area contributed by atoms with Crippen LogP contribution in [0.15, 0.2) is 36.7 Å². The summed E-state index contributed by atoms with van der Waals surface area (Å²) in [5, 5.41) is 5.86. The van der Waals surface area contributed by atoms with E-state index in [1.807, 2.05) is 12.1 Å². The zero-order valence-corrected chi connectivity index (χ0v) is 10.1. The van der Waals surface area contributed by atoms with Gasteiger partial charge in [0.05, 0.1) is 5.02 Å². The summed E-state index contributed by atoms with van der Waals surface area (Å²) in [7, 11) is 0. The van der Waals surface area contributed by atoms with E-state index in [2.05, 4.69) is 14.6 Å². The Hall–Kier alpha value is -1.72. The minimum Gasteiger partial charge on any atom is -0.441 e. The van der Waals surface area contributed by atoms with Crippen LogP contribution in [0.25, 0.3) is 10.9 Å². The van der Waals surface area contributed by atoms with Crippen LogP contribution in [0.1, 0.15) is 0 Å². The highest BCUT2D eigenvalue weighted by atomic mass is 35.5. The van der Waals surface area contributed by atoms with Crippen molar-refractivity contribution in [2.75, 3.05) is 0 Å². The lowest BCUT2D eigenvalue weighted by Crippen LogP contribution is -1.86. The molecule has 0 spiro atoms. The van der Waals surface area contributed by atoms with Crippen LogP contribution in [0, 0.1) is 0 Å². The average molecular weight is 264 g/mol. The normalized spacial score (nSPS) is 10.6. The molecule has 0 unspecified atom stereocenters. The van der Waals surface area contributed by atoms with Gasteiger partial charge in [-0.05, 0) is 24.3 Å². The van der Waals surface area contributed by atoms with Crippen LogP contribution in [0.2, 0.25) is 5.02 Å². The first kappa shape index (κ1) is 10.4. The number of rotatable bonds is 2. The maximum Gasteiger partial charge on any atom is 0.220 e. The highest BCUT2D eigenvalue weighted by molar-refractivity contribution is 7.07. The monoisotopic (exact) mass is 263 g/mol. The number of ether oxygens (including phenoxy) is 1. The van der Waals surface area contributed by atoms with E-state index in [4.69, 9.17) is 16.3 Å². The molecule has 0 aliphatic rings. The molecular weight excluding hydrogens is 258 g/mol. The molecule has 3 aromatic rings. The zero-order chi connectivity index (χ0) is 11.7. The number of aromatic nitrogens is 3. The van der Waals surface area contributed by atoms with Crippen LogP contribution in [0.4, 0.5) is 0 Å². The second-order valence-corrected chi connectivity index (χ2v) is 4.44. The molecule has 1 aromatic carbocycles. The molecule has 4 nitrogen and oxygen atoms in total. The van der Waals surface area contributed by atoms with Crippen molar-refractivity contribution < 1.29 is 4.74 Å². The molecule has 0 atom stereocenters. The van der Waals surface area contributed by atoms with Crippen LogP contribution < -0.4 is 4.74 Å². The van der Waals surface area contributed by atoms with Crippen LogP contribution in [-0.4, -0.2) is 14.6 Å². The Bertz CT molecular complexity index is 657. The van der Waals surface area contributed by atoms with Crippen LogP contribution >= 0.6 is 23.1 Å². The Morgan fingerprint density at radius 2 is 2.18 bits per heavy atom. The van der Waals surface area contributed by atoms with E-state index < -0.39 is 0 Å². The van der Waals surface area contributed by atoms with E-state index in [1.54, 1.807) is 24.5 Å². The van der Waals surface area contributed by atoms with Crippen LogP contribution in [0.3, 0.4) is 0 Å². The fraction of sp³-hybridized carbons (Fsp3) is 0. The lowest BCUT2D eigenvalue weighted by molar-refractivity contribution is 0.500. The van der Waals surface area contributed by atoms with Gasteiger partial charge in [0.1, 0.15) is 11.7 Å². The van der Waals surface area contributed by atoms with Crippen molar-refractivity contribution >= 4 is 34.0 Å². The van der Waals surface area contributed by atoms with Crippen molar-refractivity contribution in [3.63, 3.8) is 0 Å². The molecule has 2 aromatic heterocycles. The van der Waals surface area contributed by atoms with Gasteiger partial charge in [0.2, 0.25) is 5.06 Å². The summed E-state index contributed by atoms with van der Waals surface area (Å²) in [5.41, 5.74) is 0.730. The molecule has 17 heavy (non-hydrogen) atoms. The van der Waals surface area contributed by atoms with Crippen molar-refractivity contribution in [3.05, 3.63) is 41.7 Å². The van der Waals surface area contributed by atoms with Gasteiger partial charge in [0.15, 0.2) is 5.75 Å². The van der Waals surface area contributed by atoms with Gasteiger partial charge in [-0.3, -0.25) is 4.98 Å². The SMILES string of the molecule is Clc1ccc(Oc2cnns2)c2ncccc12. The third kappa shape index (κ3) is 1.94. The summed E-state index contributed by atoms with van der Waals surface area (Å²) in [6, 6.07) is 7.32. The number of hydrogen-bond donors (Lipinski definition) is 0. The summed E-state index contributed by atoms with van der Waals surface area (Å²) in [4.78, 5) is 4.28. The molecule has 0 saturated heterocycles. The fourth-order valence-electron chi connectivity index (χ4n) is 1.51. The lowest BCUT2D eigenvalue weighted by Gasteiger charge is -2.06. The van der Waals surface area contributed by atoms with Gasteiger partial charge in [0, 0.05) is 23.1 Å². The molecule has 0 radical (unpaired) electrons. The van der Waals surface area contributed by atoms with Gasteiger partial charge in [-0.25, -0.2) is 0 Å². The van der Waals surface area contributed by atoms with E-state index in [9.17, 15) is 0 Å². The number of fused-ring (bicyclic) bond motifs is 1. The summed E-state index contributed by atoms with van der Waals surface area (Å²) < 4.78 is 9.40. The number of pyridine rings is 1. The molecular formula is C11H6ClN3OS. The summed E-state index contributed by atoms with van der Waals surface area (Å²) in [5.74, 6) is 0.649. The molecule has 0 aliphatic heterocycles. The van der Waals surface area contributed by atoms with Gasteiger partial charge in [-0.2, -0.15) is 0 Å². The van der Waals surface area contributed by atoms with Crippen molar-refractivity contribution in [1.82, 2.24) is 14.6 Å². The first-order valence-electron chi connectivity index (χ1n) is 4.83. The Kier molecular flexibility index (Phi) is 2.62. The maximum absolute atomic E-state index is 6.09. The van der Waals surface area contributed by atoms with Gasteiger partial charge in [-0.1, -0.05) is 16.1 Å². The molecule has 0 amide bonds. The third-order valence-corrected chi connectivity index (χ3v) is 3.11. The molecule has 6 heteroatoms. The molecule has 3 rings (SSSR count). The maximum atomic E-state index is 6.09. The van der Waals surface area contributed by atoms with Crippen LogP contribution in [-0.2, 0) is 0 Å². The number of benzene rings is 1. The molecule has 0 fully saturated rings. The molecule has 0 N–H and O–H groups in total. The van der Waals surface area contributed by atoms with Gasteiger partial charge < -0.3 is 4.74 Å². The quantitative estimate of drug-likeness (QED) is 0.710. The number of halogens is 1. The minimum absolute atomic E-state index is 0.624. The van der Waals surface area contributed by atoms with E-state index in [-0.39, 0.29) is 0 Å². The van der Waals surface area contributed by atoms with E-state index >= 15 is 0 Å². The number of hydrogen-bond acceptors (Lipinski definition) is 5. The Morgan fingerprint density at radius 1 is 1.24 bits per heavy atom. The Morgan fingerprint density at radius 3 is 3.00 bits per heavy atom. The highest BCUT2D eigenvalue weighted by Gasteiger charge is 2.08. The predicted octanol–water partition coefficient (Wildman–Crippen LogP) is 3.53. The average Bonchev–Trinajstić information content (AvgIpc) is 2.86. The highest BCUT2D eigenvalue weighted by Crippen LogP contribution is 2.33. The van der Waals surface area contributed by atoms with E-state index in [1.165, 1.54) is 11.5 Å². The van der Waals surface area contributed by atoms with E-state index in [0.29, 0.717) is 15.8 Å². The summed E-state index contributed by atoms with van der Waals surface area (Å²) >= 11 is 7.28. The van der Waals surface area contributed by atoms with E-state index in [0.717, 1.165) is 10.9 Å². The molecule has 0 saturated carbocycles.